The molecule has 4 nitrogen and oxygen atoms in total. The van der Waals surface area contributed by atoms with E-state index in [0.717, 1.165) is 31.4 Å². The lowest BCUT2D eigenvalue weighted by atomic mass is 10.1. The average molecular weight is 442 g/mol. The topological polar surface area (TPSA) is 52.6 Å². The molecule has 0 radical (unpaired) electrons. The highest BCUT2D eigenvalue weighted by Crippen LogP contribution is 2.42. The molecule has 1 aromatic rings. The van der Waals surface area contributed by atoms with E-state index < -0.39 is 11.9 Å². The van der Waals surface area contributed by atoms with E-state index in [1.54, 1.807) is 0 Å². The third-order valence-corrected chi connectivity index (χ3v) is 4.90. The van der Waals surface area contributed by atoms with Gasteiger partial charge < -0.3 is 9.47 Å². The van der Waals surface area contributed by atoms with E-state index in [1.807, 2.05) is 0 Å². The quantitative estimate of drug-likeness (QED) is 0.102. The van der Waals surface area contributed by atoms with Crippen LogP contribution in [0.5, 0.6) is 5.75 Å². The minimum Gasteiger partial charge on any atom is -0.463 e. The molecule has 0 saturated heterocycles. The summed E-state index contributed by atoms with van der Waals surface area (Å²) in [7, 11) is 0. The van der Waals surface area contributed by atoms with E-state index >= 15 is 0 Å². The third-order valence-electron chi connectivity index (χ3n) is 3.37. The summed E-state index contributed by atoms with van der Waals surface area (Å²) in [4.78, 5) is 23.3. The summed E-state index contributed by atoms with van der Waals surface area (Å²) in [5, 5.41) is 0.0894. The van der Waals surface area contributed by atoms with Crippen molar-refractivity contribution in [2.75, 3.05) is 6.61 Å². The Balaban J connectivity index is 2.41. The molecule has 0 unspecified atom stereocenters. The van der Waals surface area contributed by atoms with Gasteiger partial charge >= 0.3 is 11.9 Å². The molecule has 144 valence electrons. The summed E-state index contributed by atoms with van der Waals surface area (Å²) >= 11 is 23.6. The monoisotopic (exact) mass is 440 g/mol. The van der Waals surface area contributed by atoms with Crippen LogP contribution < -0.4 is 4.74 Å². The van der Waals surface area contributed by atoms with Crippen LogP contribution in [0.1, 0.15) is 45.4 Å². The lowest BCUT2D eigenvalue weighted by Gasteiger charge is -2.09. The first-order valence-electron chi connectivity index (χ1n) is 8.26. The molecule has 0 saturated carbocycles. The molecule has 0 aliphatic heterocycles. The average Bonchev–Trinajstić information content (AvgIpc) is 2.61. The van der Waals surface area contributed by atoms with Gasteiger partial charge in [-0.2, -0.15) is 0 Å². The minimum absolute atomic E-state index is 0.0165. The highest BCUT2D eigenvalue weighted by atomic mass is 35.5. The van der Waals surface area contributed by atoms with Crippen LogP contribution in [0.15, 0.2) is 18.2 Å². The summed E-state index contributed by atoms with van der Waals surface area (Å²) in [6.07, 6.45) is 8.44. The van der Waals surface area contributed by atoms with Crippen molar-refractivity contribution in [1.29, 1.82) is 0 Å². The van der Waals surface area contributed by atoms with E-state index in [2.05, 4.69) is 6.92 Å². The van der Waals surface area contributed by atoms with Gasteiger partial charge in [-0.25, -0.2) is 9.59 Å². The van der Waals surface area contributed by atoms with Gasteiger partial charge in [-0.15, -0.1) is 0 Å². The second kappa shape index (κ2) is 12.4. The Labute approximate surface area is 173 Å². The Morgan fingerprint density at radius 2 is 1.50 bits per heavy atom. The van der Waals surface area contributed by atoms with Gasteiger partial charge in [0, 0.05) is 12.2 Å². The third kappa shape index (κ3) is 8.17. The molecule has 0 aromatic heterocycles. The van der Waals surface area contributed by atoms with Crippen molar-refractivity contribution < 1.29 is 19.1 Å². The van der Waals surface area contributed by atoms with Crippen molar-refractivity contribution in [1.82, 2.24) is 0 Å². The van der Waals surface area contributed by atoms with E-state index in [9.17, 15) is 9.59 Å². The number of benzene rings is 1. The molecule has 0 aliphatic rings. The number of ether oxygens (including phenoxy) is 2. The van der Waals surface area contributed by atoms with Gasteiger partial charge in [0.15, 0.2) is 5.75 Å². The Hall–Kier alpha value is -0.940. The summed E-state index contributed by atoms with van der Waals surface area (Å²) in [6, 6.07) is 1.30. The molecular weight excluding hydrogens is 422 g/mol. The molecule has 0 N–H and O–H groups in total. The van der Waals surface area contributed by atoms with Crippen LogP contribution in [0, 0.1) is 0 Å². The van der Waals surface area contributed by atoms with Crippen LogP contribution >= 0.6 is 46.4 Å². The predicted octanol–water partition coefficient (Wildman–Crippen LogP) is 6.67. The number of hydrogen-bond acceptors (Lipinski definition) is 4. The van der Waals surface area contributed by atoms with Crippen molar-refractivity contribution in [3.8, 4) is 5.75 Å². The zero-order valence-corrected chi connectivity index (χ0v) is 17.4. The number of carbonyl (C=O) groups is 2. The fourth-order valence-electron chi connectivity index (χ4n) is 2.02. The van der Waals surface area contributed by atoms with Crippen LogP contribution in [0.4, 0.5) is 0 Å². The van der Waals surface area contributed by atoms with Gasteiger partial charge in [-0.1, -0.05) is 85.4 Å². The lowest BCUT2D eigenvalue weighted by Crippen LogP contribution is -2.08. The molecule has 0 fully saturated rings. The van der Waals surface area contributed by atoms with Crippen LogP contribution in [0.25, 0.3) is 0 Å². The van der Waals surface area contributed by atoms with Crippen molar-refractivity contribution in [2.24, 2.45) is 0 Å². The highest BCUT2D eigenvalue weighted by molar-refractivity contribution is 6.50. The molecule has 1 rings (SSSR count). The fraction of sp³-hybridized carbons (Fsp3) is 0.444. The maximum atomic E-state index is 11.8. The molecule has 8 heteroatoms. The van der Waals surface area contributed by atoms with Gasteiger partial charge in [0.05, 0.1) is 21.7 Å². The maximum Gasteiger partial charge on any atom is 0.336 e. The Kier molecular flexibility index (Phi) is 11.1. The largest absolute Gasteiger partial charge is 0.463 e. The summed E-state index contributed by atoms with van der Waals surface area (Å²) in [5.74, 6) is -1.59. The van der Waals surface area contributed by atoms with E-state index in [-0.39, 0.29) is 25.8 Å². The highest BCUT2D eigenvalue weighted by Gasteiger charge is 2.17. The van der Waals surface area contributed by atoms with Crippen molar-refractivity contribution in [2.45, 2.75) is 45.4 Å². The molecule has 0 bridgehead atoms. The smallest absolute Gasteiger partial charge is 0.336 e. The number of halogens is 4. The van der Waals surface area contributed by atoms with Crippen molar-refractivity contribution in [3.05, 3.63) is 38.3 Å². The molecule has 26 heavy (non-hydrogen) atoms. The normalized spacial score (nSPS) is 11.0. The second-order valence-corrected chi connectivity index (χ2v) is 7.06. The second-order valence-electron chi connectivity index (χ2n) is 5.49. The van der Waals surface area contributed by atoms with Crippen molar-refractivity contribution >= 4 is 58.3 Å². The molecule has 1 aromatic carbocycles. The Morgan fingerprint density at radius 3 is 2.19 bits per heavy atom. The molecule has 0 atom stereocenters. The van der Waals surface area contributed by atoms with Crippen LogP contribution in [-0.4, -0.2) is 18.5 Å². The number of carbonyl (C=O) groups excluding carboxylic acids is 2. The Morgan fingerprint density at radius 1 is 0.885 bits per heavy atom. The maximum absolute atomic E-state index is 11.8. The summed E-state index contributed by atoms with van der Waals surface area (Å²) < 4.78 is 10.0. The first kappa shape index (κ1) is 23.1. The van der Waals surface area contributed by atoms with Crippen LogP contribution in [-0.2, 0) is 14.3 Å². The van der Waals surface area contributed by atoms with E-state index in [4.69, 9.17) is 55.9 Å². The number of esters is 2. The van der Waals surface area contributed by atoms with Gasteiger partial charge in [0.1, 0.15) is 5.02 Å². The van der Waals surface area contributed by atoms with Gasteiger partial charge in [-0.3, -0.25) is 0 Å². The fourth-order valence-corrected chi connectivity index (χ4v) is 3.00. The standard InChI is InChI=1S/C18H20Cl4O4/c1-2-3-4-5-6-7-10-25-14(23)8-9-15(24)26-18-13(20)11-12(19)16(21)17(18)22/h8-9,11H,2-7,10H2,1H3/b9-8+. The van der Waals surface area contributed by atoms with Crippen molar-refractivity contribution in [3.63, 3.8) is 0 Å². The molecular formula is C18H20Cl4O4. The first-order valence-corrected chi connectivity index (χ1v) is 9.77. The predicted molar refractivity (Wildman–Crippen MR) is 106 cm³/mol. The minimum atomic E-state index is -0.844. The molecule has 0 aliphatic carbocycles. The molecule has 0 amide bonds. The van der Waals surface area contributed by atoms with Gasteiger partial charge in [0.25, 0.3) is 0 Å². The zero-order valence-electron chi connectivity index (χ0n) is 14.3. The van der Waals surface area contributed by atoms with E-state index in [0.29, 0.717) is 6.61 Å². The Bertz CT molecular complexity index is 659. The number of hydrogen-bond donors (Lipinski definition) is 0. The lowest BCUT2D eigenvalue weighted by molar-refractivity contribution is -0.138. The molecule has 0 heterocycles. The van der Waals surface area contributed by atoms with Crippen LogP contribution in [0.2, 0.25) is 20.1 Å². The van der Waals surface area contributed by atoms with Gasteiger partial charge in [0.2, 0.25) is 0 Å². The molecule has 0 spiro atoms. The van der Waals surface area contributed by atoms with E-state index in [1.165, 1.54) is 25.3 Å². The van der Waals surface area contributed by atoms with Crippen LogP contribution in [0.3, 0.4) is 0 Å². The number of unbranched alkanes of at least 4 members (excludes halogenated alkanes) is 5. The first-order chi connectivity index (χ1) is 12.4. The number of rotatable bonds is 10. The summed E-state index contributed by atoms with van der Waals surface area (Å²) in [6.45, 7) is 2.47. The summed E-state index contributed by atoms with van der Waals surface area (Å²) in [5.41, 5.74) is 0. The SMILES string of the molecule is CCCCCCCCOC(=O)/C=C/C(=O)Oc1c(Cl)cc(Cl)c(Cl)c1Cl. The zero-order chi connectivity index (χ0) is 19.5. The van der Waals surface area contributed by atoms with Gasteiger partial charge in [-0.05, 0) is 12.5 Å².